The molecule has 0 bridgehead atoms. The largest absolute Gasteiger partial charge is 0.409 e. The van der Waals surface area contributed by atoms with Crippen molar-refractivity contribution in [2.75, 3.05) is 13.1 Å². The average Bonchev–Trinajstić information content (AvgIpc) is 2.22. The molecule has 0 aliphatic rings. The van der Waals surface area contributed by atoms with Crippen molar-refractivity contribution < 1.29 is 5.21 Å². The van der Waals surface area contributed by atoms with Gasteiger partial charge in [-0.05, 0) is 39.8 Å². The molecule has 4 heteroatoms. The molecule has 0 aromatic heterocycles. The number of nitrogens with two attached hydrogens (primary N) is 1. The van der Waals surface area contributed by atoms with E-state index in [2.05, 4.69) is 30.8 Å². The fourth-order valence-electron chi connectivity index (χ4n) is 1.77. The van der Waals surface area contributed by atoms with Crippen LogP contribution in [0.15, 0.2) is 5.16 Å². The van der Waals surface area contributed by atoms with E-state index in [-0.39, 0.29) is 5.41 Å². The van der Waals surface area contributed by atoms with Crippen LogP contribution in [0, 0.1) is 5.41 Å². The second-order valence-electron chi connectivity index (χ2n) is 5.20. The zero-order chi connectivity index (χ0) is 12.8. The summed E-state index contributed by atoms with van der Waals surface area (Å²) in [5, 5.41) is 11.8. The number of nitrogens with zero attached hydrogens (tertiary/aromatic N) is 2. The molecule has 16 heavy (non-hydrogen) atoms. The Kier molecular flexibility index (Phi) is 6.41. The highest BCUT2D eigenvalue weighted by Crippen LogP contribution is 2.22. The number of hydrogen-bond acceptors (Lipinski definition) is 3. The fraction of sp³-hybridized carbons (Fsp3) is 0.917. The number of hydrogen-bond donors (Lipinski definition) is 2. The lowest BCUT2D eigenvalue weighted by atomic mass is 9.86. The van der Waals surface area contributed by atoms with E-state index in [1.807, 2.05) is 13.8 Å². The van der Waals surface area contributed by atoms with Gasteiger partial charge in [-0.1, -0.05) is 25.9 Å². The van der Waals surface area contributed by atoms with Gasteiger partial charge >= 0.3 is 0 Å². The van der Waals surface area contributed by atoms with Crippen molar-refractivity contribution in [2.24, 2.45) is 16.3 Å². The molecular formula is C12H27N3O. The number of amidine groups is 1. The minimum absolute atomic E-state index is 0.217. The molecule has 96 valence electrons. The van der Waals surface area contributed by atoms with Gasteiger partial charge in [-0.15, -0.1) is 0 Å². The molecule has 4 nitrogen and oxygen atoms in total. The molecule has 0 amide bonds. The van der Waals surface area contributed by atoms with Crippen molar-refractivity contribution in [2.45, 2.75) is 53.5 Å². The molecular weight excluding hydrogens is 202 g/mol. The van der Waals surface area contributed by atoms with Gasteiger partial charge in [0.25, 0.3) is 0 Å². The first-order chi connectivity index (χ1) is 7.35. The van der Waals surface area contributed by atoms with E-state index in [1.54, 1.807) is 0 Å². The van der Waals surface area contributed by atoms with Crippen LogP contribution in [0.25, 0.3) is 0 Å². The molecule has 0 aromatic carbocycles. The minimum Gasteiger partial charge on any atom is -0.409 e. The second kappa shape index (κ2) is 6.74. The van der Waals surface area contributed by atoms with Crippen LogP contribution in [0.4, 0.5) is 0 Å². The molecule has 0 aliphatic heterocycles. The van der Waals surface area contributed by atoms with Gasteiger partial charge in [-0.3, -0.25) is 0 Å². The third-order valence-corrected chi connectivity index (χ3v) is 3.18. The molecule has 0 saturated heterocycles. The number of rotatable bonds is 7. The molecule has 0 saturated carbocycles. The molecule has 0 heterocycles. The summed E-state index contributed by atoms with van der Waals surface area (Å²) < 4.78 is 0. The summed E-state index contributed by atoms with van der Waals surface area (Å²) in [4.78, 5) is 2.42. The third-order valence-electron chi connectivity index (χ3n) is 3.18. The monoisotopic (exact) mass is 229 g/mol. The van der Waals surface area contributed by atoms with Crippen molar-refractivity contribution in [1.82, 2.24) is 4.90 Å². The Labute approximate surface area is 99.5 Å². The van der Waals surface area contributed by atoms with Crippen molar-refractivity contribution >= 4 is 5.84 Å². The van der Waals surface area contributed by atoms with Gasteiger partial charge in [0.2, 0.25) is 0 Å². The van der Waals surface area contributed by atoms with Crippen LogP contribution >= 0.6 is 0 Å². The Bertz CT molecular complexity index is 224. The van der Waals surface area contributed by atoms with Crippen molar-refractivity contribution in [1.29, 1.82) is 0 Å². The first-order valence-electron chi connectivity index (χ1n) is 6.07. The molecule has 3 N–H and O–H groups in total. The van der Waals surface area contributed by atoms with Crippen LogP contribution in [0.5, 0.6) is 0 Å². The van der Waals surface area contributed by atoms with Gasteiger partial charge in [-0.2, -0.15) is 0 Å². The topological polar surface area (TPSA) is 61.8 Å². The summed E-state index contributed by atoms with van der Waals surface area (Å²) in [6.45, 7) is 12.7. The van der Waals surface area contributed by atoms with E-state index in [0.29, 0.717) is 11.9 Å². The highest BCUT2D eigenvalue weighted by molar-refractivity contribution is 5.85. The Balaban J connectivity index is 4.06. The van der Waals surface area contributed by atoms with E-state index in [9.17, 15) is 0 Å². The normalized spacial score (nSPS) is 13.8. The van der Waals surface area contributed by atoms with Crippen molar-refractivity contribution in [3.63, 3.8) is 0 Å². The standard InChI is InChI=1S/C12H27N3O/c1-6-15(10(2)3)9-7-8-12(4,5)11(13)14-16/h10,16H,6-9H2,1-5H3,(H2,13,14). The highest BCUT2D eigenvalue weighted by Gasteiger charge is 2.23. The Morgan fingerprint density at radius 2 is 2.00 bits per heavy atom. The summed E-state index contributed by atoms with van der Waals surface area (Å²) in [6.07, 6.45) is 2.00. The maximum absolute atomic E-state index is 8.67. The Hall–Kier alpha value is -0.770. The summed E-state index contributed by atoms with van der Waals surface area (Å²) in [5.74, 6) is 0.320. The lowest BCUT2D eigenvalue weighted by molar-refractivity contribution is 0.220. The average molecular weight is 229 g/mol. The zero-order valence-electron chi connectivity index (χ0n) is 11.3. The molecule has 0 fully saturated rings. The molecule has 0 spiro atoms. The fourth-order valence-corrected chi connectivity index (χ4v) is 1.77. The van der Waals surface area contributed by atoms with Gasteiger partial charge in [-0.25, -0.2) is 0 Å². The third kappa shape index (κ3) is 4.84. The van der Waals surface area contributed by atoms with Crippen LogP contribution in [0.1, 0.15) is 47.5 Å². The maximum atomic E-state index is 8.67. The predicted octanol–water partition coefficient (Wildman–Crippen LogP) is 2.27. The molecule has 0 aromatic rings. The molecule has 0 radical (unpaired) electrons. The summed E-state index contributed by atoms with van der Waals surface area (Å²) in [6, 6.07) is 0.581. The highest BCUT2D eigenvalue weighted by atomic mass is 16.4. The van der Waals surface area contributed by atoms with E-state index in [4.69, 9.17) is 10.9 Å². The second-order valence-corrected chi connectivity index (χ2v) is 5.20. The van der Waals surface area contributed by atoms with Gasteiger partial charge in [0, 0.05) is 11.5 Å². The summed E-state index contributed by atoms with van der Waals surface area (Å²) >= 11 is 0. The maximum Gasteiger partial charge on any atom is 0.144 e. The van der Waals surface area contributed by atoms with Crippen molar-refractivity contribution in [3.8, 4) is 0 Å². The van der Waals surface area contributed by atoms with Crippen LogP contribution in [0.3, 0.4) is 0 Å². The Morgan fingerprint density at radius 3 is 2.38 bits per heavy atom. The van der Waals surface area contributed by atoms with Crippen LogP contribution in [0.2, 0.25) is 0 Å². The van der Waals surface area contributed by atoms with Crippen LogP contribution in [-0.4, -0.2) is 35.1 Å². The molecule has 0 rings (SSSR count). The Morgan fingerprint density at radius 1 is 1.44 bits per heavy atom. The first kappa shape index (κ1) is 15.2. The lowest BCUT2D eigenvalue weighted by Gasteiger charge is -2.27. The van der Waals surface area contributed by atoms with E-state index < -0.39 is 0 Å². The van der Waals surface area contributed by atoms with Gasteiger partial charge in [0.15, 0.2) is 0 Å². The van der Waals surface area contributed by atoms with Crippen LogP contribution in [-0.2, 0) is 0 Å². The molecule has 0 aliphatic carbocycles. The van der Waals surface area contributed by atoms with Crippen LogP contribution < -0.4 is 5.73 Å². The smallest absolute Gasteiger partial charge is 0.144 e. The van der Waals surface area contributed by atoms with Gasteiger partial charge in [0.05, 0.1) is 0 Å². The minimum atomic E-state index is -0.217. The molecule has 0 atom stereocenters. The summed E-state index contributed by atoms with van der Waals surface area (Å²) in [5.41, 5.74) is 5.43. The lowest BCUT2D eigenvalue weighted by Crippen LogP contribution is -2.35. The van der Waals surface area contributed by atoms with Gasteiger partial charge < -0.3 is 15.8 Å². The predicted molar refractivity (Wildman–Crippen MR) is 68.8 cm³/mol. The van der Waals surface area contributed by atoms with Gasteiger partial charge in [0.1, 0.15) is 5.84 Å². The summed E-state index contributed by atoms with van der Waals surface area (Å²) in [7, 11) is 0. The van der Waals surface area contributed by atoms with Crippen molar-refractivity contribution in [3.05, 3.63) is 0 Å². The number of oxime groups is 1. The van der Waals surface area contributed by atoms with E-state index in [0.717, 1.165) is 25.9 Å². The SMILES string of the molecule is CCN(CCCC(C)(C)C(N)=NO)C(C)C. The quantitative estimate of drug-likeness (QED) is 0.305. The van der Waals surface area contributed by atoms with E-state index in [1.165, 1.54) is 0 Å². The zero-order valence-corrected chi connectivity index (χ0v) is 11.3. The molecule has 0 unspecified atom stereocenters. The van der Waals surface area contributed by atoms with E-state index >= 15 is 0 Å². The first-order valence-corrected chi connectivity index (χ1v) is 6.07.